The lowest BCUT2D eigenvalue weighted by atomic mass is 10.1. The zero-order chi connectivity index (χ0) is 14.5. The number of rotatable bonds is 5. The summed E-state index contributed by atoms with van der Waals surface area (Å²) in [5.41, 5.74) is 5.00. The van der Waals surface area contributed by atoms with E-state index in [1.165, 1.54) is 0 Å². The number of hydrogen-bond acceptors (Lipinski definition) is 5. The van der Waals surface area contributed by atoms with E-state index in [1.54, 1.807) is 32.9 Å². The number of nitrogens with two attached hydrogens (primary N) is 1. The van der Waals surface area contributed by atoms with Gasteiger partial charge in [0.2, 0.25) is 0 Å². The second-order valence-corrected chi connectivity index (χ2v) is 5.25. The number of carbonyl (C=O) groups excluding carboxylic acids is 1. The number of para-hydroxylation sites is 1. The highest BCUT2D eigenvalue weighted by Gasteiger charge is 2.28. The Morgan fingerprint density at radius 1 is 1.32 bits per heavy atom. The van der Waals surface area contributed by atoms with Crippen LogP contribution < -0.4 is 10.5 Å². The lowest BCUT2D eigenvalue weighted by Crippen LogP contribution is -2.47. The molecule has 0 fully saturated rings. The minimum Gasteiger partial charge on any atom is -0.491 e. The molecule has 1 aromatic carbocycles. The Labute approximate surface area is 113 Å². The van der Waals surface area contributed by atoms with Gasteiger partial charge in [-0.15, -0.1) is 0 Å². The molecule has 106 valence electrons. The van der Waals surface area contributed by atoms with Crippen LogP contribution in [0.5, 0.6) is 5.75 Å². The maximum absolute atomic E-state index is 11.6. The molecule has 0 aliphatic rings. The molecule has 19 heavy (non-hydrogen) atoms. The highest BCUT2D eigenvalue weighted by molar-refractivity contribution is 5.76. The number of aliphatic hydroxyl groups excluding tert-OH is 1. The Bertz CT molecular complexity index is 400. The van der Waals surface area contributed by atoms with Crippen LogP contribution in [0, 0.1) is 0 Å². The van der Waals surface area contributed by atoms with Crippen molar-refractivity contribution in [3.8, 4) is 5.75 Å². The standard InChI is InChI=1S/C14H21NO4/c1-14(2,3)19-13(17)12(15)11(16)9-18-10-7-5-4-6-8-10/h4-8,11-12,16H,9,15H2,1-3H3. The summed E-state index contributed by atoms with van der Waals surface area (Å²) in [6.45, 7) is 5.16. The molecule has 0 bridgehead atoms. The quantitative estimate of drug-likeness (QED) is 0.781. The highest BCUT2D eigenvalue weighted by Crippen LogP contribution is 2.11. The first-order chi connectivity index (χ1) is 8.79. The number of esters is 1. The van der Waals surface area contributed by atoms with Gasteiger partial charge in [-0.05, 0) is 32.9 Å². The minimum absolute atomic E-state index is 0.0651. The van der Waals surface area contributed by atoms with Crippen molar-refractivity contribution >= 4 is 5.97 Å². The SMILES string of the molecule is CC(C)(C)OC(=O)C(N)C(O)COc1ccccc1. The van der Waals surface area contributed by atoms with Gasteiger partial charge in [-0.2, -0.15) is 0 Å². The van der Waals surface area contributed by atoms with Gasteiger partial charge in [0.05, 0.1) is 0 Å². The Morgan fingerprint density at radius 3 is 2.42 bits per heavy atom. The third-order valence-corrected chi connectivity index (χ3v) is 2.26. The number of carbonyl (C=O) groups is 1. The van der Waals surface area contributed by atoms with Gasteiger partial charge in [-0.1, -0.05) is 18.2 Å². The van der Waals surface area contributed by atoms with Crippen LogP contribution >= 0.6 is 0 Å². The third-order valence-electron chi connectivity index (χ3n) is 2.26. The van der Waals surface area contributed by atoms with Crippen molar-refractivity contribution in [3.05, 3.63) is 30.3 Å². The molecule has 0 aliphatic carbocycles. The largest absolute Gasteiger partial charge is 0.491 e. The molecule has 2 atom stereocenters. The van der Waals surface area contributed by atoms with E-state index in [9.17, 15) is 9.90 Å². The molecule has 1 aromatic rings. The van der Waals surface area contributed by atoms with Gasteiger partial charge in [-0.3, -0.25) is 4.79 Å². The van der Waals surface area contributed by atoms with Crippen LogP contribution in [0.2, 0.25) is 0 Å². The molecule has 0 spiro atoms. The first-order valence-electron chi connectivity index (χ1n) is 6.14. The van der Waals surface area contributed by atoms with Crippen LogP contribution in [0.1, 0.15) is 20.8 Å². The average molecular weight is 267 g/mol. The maximum Gasteiger partial charge on any atom is 0.326 e. The van der Waals surface area contributed by atoms with Crippen LogP contribution in [0.3, 0.4) is 0 Å². The molecule has 0 saturated heterocycles. The monoisotopic (exact) mass is 267 g/mol. The summed E-state index contributed by atoms with van der Waals surface area (Å²) < 4.78 is 10.4. The van der Waals surface area contributed by atoms with Crippen molar-refractivity contribution in [2.45, 2.75) is 38.5 Å². The van der Waals surface area contributed by atoms with E-state index >= 15 is 0 Å². The fourth-order valence-corrected chi connectivity index (χ4v) is 1.33. The fourth-order valence-electron chi connectivity index (χ4n) is 1.33. The number of ether oxygens (including phenoxy) is 2. The molecule has 0 radical (unpaired) electrons. The predicted octanol–water partition coefficient (Wildman–Crippen LogP) is 1.10. The Balaban J connectivity index is 2.44. The summed E-state index contributed by atoms with van der Waals surface area (Å²) in [5.74, 6) is -0.0328. The molecule has 5 heteroatoms. The smallest absolute Gasteiger partial charge is 0.326 e. The summed E-state index contributed by atoms with van der Waals surface area (Å²) in [5, 5.41) is 9.80. The summed E-state index contributed by atoms with van der Waals surface area (Å²) in [4.78, 5) is 11.6. The predicted molar refractivity (Wildman–Crippen MR) is 71.8 cm³/mol. The van der Waals surface area contributed by atoms with E-state index < -0.39 is 23.7 Å². The van der Waals surface area contributed by atoms with Gasteiger partial charge >= 0.3 is 5.97 Å². The van der Waals surface area contributed by atoms with Crippen molar-refractivity contribution in [1.29, 1.82) is 0 Å². The molecular weight excluding hydrogens is 246 g/mol. The lowest BCUT2D eigenvalue weighted by molar-refractivity contribution is -0.159. The Hall–Kier alpha value is -1.59. The first-order valence-corrected chi connectivity index (χ1v) is 6.14. The fraction of sp³-hybridized carbons (Fsp3) is 0.500. The summed E-state index contributed by atoms with van der Waals surface area (Å²) >= 11 is 0. The normalized spacial score (nSPS) is 14.6. The van der Waals surface area contributed by atoms with Crippen molar-refractivity contribution in [1.82, 2.24) is 0 Å². The van der Waals surface area contributed by atoms with Crippen molar-refractivity contribution < 1.29 is 19.4 Å². The molecule has 2 unspecified atom stereocenters. The molecule has 0 aromatic heterocycles. The average Bonchev–Trinajstić information content (AvgIpc) is 2.34. The van der Waals surface area contributed by atoms with Gasteiger partial charge in [0, 0.05) is 0 Å². The number of aliphatic hydroxyl groups is 1. The van der Waals surface area contributed by atoms with E-state index in [0.29, 0.717) is 5.75 Å². The van der Waals surface area contributed by atoms with Crippen molar-refractivity contribution in [2.75, 3.05) is 6.61 Å². The number of hydrogen-bond donors (Lipinski definition) is 2. The van der Waals surface area contributed by atoms with Crippen LogP contribution in [0.4, 0.5) is 0 Å². The lowest BCUT2D eigenvalue weighted by Gasteiger charge is -2.24. The summed E-state index contributed by atoms with van der Waals surface area (Å²) in [6, 6.07) is 7.88. The topological polar surface area (TPSA) is 81.8 Å². The van der Waals surface area contributed by atoms with Gasteiger partial charge in [0.1, 0.15) is 30.1 Å². The zero-order valence-corrected chi connectivity index (χ0v) is 11.5. The van der Waals surface area contributed by atoms with E-state index in [4.69, 9.17) is 15.2 Å². The second-order valence-electron chi connectivity index (χ2n) is 5.25. The first kappa shape index (κ1) is 15.5. The van der Waals surface area contributed by atoms with E-state index in [1.807, 2.05) is 18.2 Å². The van der Waals surface area contributed by atoms with Gasteiger partial charge in [0.15, 0.2) is 0 Å². The van der Waals surface area contributed by atoms with Crippen LogP contribution in [0.25, 0.3) is 0 Å². The summed E-state index contributed by atoms with van der Waals surface area (Å²) in [6.07, 6.45) is -1.12. The second kappa shape index (κ2) is 6.54. The highest BCUT2D eigenvalue weighted by atomic mass is 16.6. The maximum atomic E-state index is 11.6. The van der Waals surface area contributed by atoms with E-state index in [2.05, 4.69) is 0 Å². The Kier molecular flexibility index (Phi) is 5.32. The molecule has 1 rings (SSSR count). The van der Waals surface area contributed by atoms with E-state index in [-0.39, 0.29) is 6.61 Å². The molecule has 0 saturated carbocycles. The molecule has 0 amide bonds. The Morgan fingerprint density at radius 2 is 1.89 bits per heavy atom. The van der Waals surface area contributed by atoms with Crippen molar-refractivity contribution in [2.24, 2.45) is 5.73 Å². The van der Waals surface area contributed by atoms with Gasteiger partial charge in [0.25, 0.3) is 0 Å². The van der Waals surface area contributed by atoms with Crippen LogP contribution in [-0.2, 0) is 9.53 Å². The van der Waals surface area contributed by atoms with Crippen LogP contribution in [-0.4, -0.2) is 35.4 Å². The van der Waals surface area contributed by atoms with E-state index in [0.717, 1.165) is 0 Å². The minimum atomic E-state index is -1.12. The summed E-state index contributed by atoms with van der Waals surface area (Å²) in [7, 11) is 0. The molecular formula is C14H21NO4. The molecule has 0 heterocycles. The van der Waals surface area contributed by atoms with Gasteiger partial charge in [-0.25, -0.2) is 0 Å². The molecule has 3 N–H and O–H groups in total. The van der Waals surface area contributed by atoms with Crippen molar-refractivity contribution in [3.63, 3.8) is 0 Å². The van der Waals surface area contributed by atoms with Gasteiger partial charge < -0.3 is 20.3 Å². The molecule has 5 nitrogen and oxygen atoms in total. The van der Waals surface area contributed by atoms with Crippen LogP contribution in [0.15, 0.2) is 30.3 Å². The molecule has 0 aliphatic heterocycles. The third kappa shape index (κ3) is 5.72. The zero-order valence-electron chi connectivity index (χ0n) is 11.5. The number of benzene rings is 1.